The molecule has 0 bridgehead atoms. The minimum Gasteiger partial charge on any atom is -0.305 e. The highest BCUT2D eigenvalue weighted by Crippen LogP contribution is 2.36. The third kappa shape index (κ3) is 1.99. The van der Waals surface area contributed by atoms with Gasteiger partial charge in [-0.05, 0) is 36.9 Å². The summed E-state index contributed by atoms with van der Waals surface area (Å²) in [6.45, 7) is 0. The Labute approximate surface area is 97.3 Å². The van der Waals surface area contributed by atoms with Gasteiger partial charge in [-0.2, -0.15) is 0 Å². The smallest absolute Gasteiger partial charge is 0.174 e. The number of rotatable bonds is 1. The highest BCUT2D eigenvalue weighted by Gasteiger charge is 2.22. The van der Waals surface area contributed by atoms with E-state index in [4.69, 9.17) is 0 Å². The molecule has 1 saturated carbocycles. The SMILES string of the molecule is c1cnc2c(c1)SNC(SC1CCC1)=N2. The van der Waals surface area contributed by atoms with Gasteiger partial charge in [0, 0.05) is 11.4 Å². The number of fused-ring (bicyclic) bond motifs is 1. The molecule has 0 spiro atoms. The zero-order valence-electron chi connectivity index (χ0n) is 8.14. The summed E-state index contributed by atoms with van der Waals surface area (Å²) < 4.78 is 3.26. The van der Waals surface area contributed by atoms with Crippen LogP contribution < -0.4 is 4.72 Å². The Balaban J connectivity index is 1.78. The van der Waals surface area contributed by atoms with E-state index in [-0.39, 0.29) is 0 Å². The van der Waals surface area contributed by atoms with Gasteiger partial charge in [0.25, 0.3) is 0 Å². The first-order valence-corrected chi connectivity index (χ1v) is 6.75. The van der Waals surface area contributed by atoms with E-state index in [2.05, 4.69) is 14.7 Å². The van der Waals surface area contributed by atoms with Gasteiger partial charge in [0.1, 0.15) is 0 Å². The van der Waals surface area contributed by atoms with Crippen LogP contribution in [0.4, 0.5) is 5.82 Å². The summed E-state index contributed by atoms with van der Waals surface area (Å²) in [5, 5.41) is 1.78. The quantitative estimate of drug-likeness (QED) is 0.762. The predicted octanol–water partition coefficient (Wildman–Crippen LogP) is 2.97. The van der Waals surface area contributed by atoms with Crippen molar-refractivity contribution in [1.29, 1.82) is 0 Å². The third-order valence-corrected chi connectivity index (χ3v) is 4.72. The maximum atomic E-state index is 4.50. The van der Waals surface area contributed by atoms with Crippen molar-refractivity contribution in [2.45, 2.75) is 29.4 Å². The van der Waals surface area contributed by atoms with Crippen molar-refractivity contribution in [3.63, 3.8) is 0 Å². The summed E-state index contributed by atoms with van der Waals surface area (Å²) in [4.78, 5) is 9.87. The van der Waals surface area contributed by atoms with E-state index in [1.165, 1.54) is 19.3 Å². The van der Waals surface area contributed by atoms with E-state index in [0.29, 0.717) is 0 Å². The molecule has 0 aromatic carbocycles. The van der Waals surface area contributed by atoms with Crippen LogP contribution in [-0.2, 0) is 0 Å². The molecular formula is C10H11N3S2. The molecule has 0 saturated heterocycles. The summed E-state index contributed by atoms with van der Waals surface area (Å²) >= 11 is 3.46. The van der Waals surface area contributed by atoms with Gasteiger partial charge in [0.2, 0.25) is 0 Å². The van der Waals surface area contributed by atoms with Crippen molar-refractivity contribution < 1.29 is 0 Å². The number of aliphatic imine (C=N–C) groups is 1. The largest absolute Gasteiger partial charge is 0.305 e. The zero-order valence-corrected chi connectivity index (χ0v) is 9.77. The van der Waals surface area contributed by atoms with Gasteiger partial charge < -0.3 is 4.72 Å². The fraction of sp³-hybridized carbons (Fsp3) is 0.400. The average Bonchev–Trinajstić information content (AvgIpc) is 2.23. The van der Waals surface area contributed by atoms with E-state index < -0.39 is 0 Å². The molecule has 1 aliphatic carbocycles. The van der Waals surface area contributed by atoms with Gasteiger partial charge >= 0.3 is 0 Å². The molecule has 1 aromatic rings. The second-order valence-electron chi connectivity index (χ2n) is 3.62. The monoisotopic (exact) mass is 237 g/mol. The van der Waals surface area contributed by atoms with Gasteiger partial charge in [0.15, 0.2) is 11.0 Å². The van der Waals surface area contributed by atoms with Crippen molar-refractivity contribution in [2.75, 3.05) is 0 Å². The lowest BCUT2D eigenvalue weighted by atomic mass is 10.0. The van der Waals surface area contributed by atoms with Crippen LogP contribution in [0.5, 0.6) is 0 Å². The lowest BCUT2D eigenvalue weighted by Gasteiger charge is -2.26. The molecule has 0 amide bonds. The van der Waals surface area contributed by atoms with Crippen LogP contribution >= 0.6 is 23.7 Å². The summed E-state index contributed by atoms with van der Waals surface area (Å²) in [5.74, 6) is 0.850. The first-order chi connectivity index (χ1) is 7.42. The minimum atomic E-state index is 0.766. The standard InChI is InChI=1S/C10H11N3S2/c1-3-7(4-1)14-10-12-9-8(15-13-10)5-2-6-11-9/h2,5-7H,1,3-4H2,(H,11,12,13). The van der Waals surface area contributed by atoms with Crippen LogP contribution in [-0.4, -0.2) is 15.4 Å². The molecule has 0 atom stereocenters. The van der Waals surface area contributed by atoms with Gasteiger partial charge in [0.05, 0.1) is 4.90 Å². The first kappa shape index (κ1) is 9.54. The topological polar surface area (TPSA) is 37.3 Å². The molecule has 1 N–H and O–H groups in total. The first-order valence-electron chi connectivity index (χ1n) is 5.05. The van der Waals surface area contributed by atoms with Gasteiger partial charge in [-0.15, -0.1) is 0 Å². The van der Waals surface area contributed by atoms with Crippen LogP contribution in [0.3, 0.4) is 0 Å². The Kier molecular flexibility index (Phi) is 2.58. The van der Waals surface area contributed by atoms with Crippen molar-refractivity contribution in [1.82, 2.24) is 9.71 Å². The number of hydrogen-bond acceptors (Lipinski definition) is 5. The van der Waals surface area contributed by atoms with Gasteiger partial charge in [-0.25, -0.2) is 9.98 Å². The molecule has 15 heavy (non-hydrogen) atoms. The molecule has 1 aromatic heterocycles. The molecule has 3 nitrogen and oxygen atoms in total. The Bertz CT molecular complexity index is 401. The average molecular weight is 237 g/mol. The summed E-state index contributed by atoms with van der Waals surface area (Å²) in [5.41, 5.74) is 0. The highest BCUT2D eigenvalue weighted by atomic mass is 32.2. The molecule has 2 aliphatic rings. The third-order valence-electron chi connectivity index (χ3n) is 2.54. The number of hydrogen-bond donors (Lipinski definition) is 1. The lowest BCUT2D eigenvalue weighted by molar-refractivity contribution is 0.524. The number of pyridine rings is 1. The normalized spacial score (nSPS) is 19.9. The van der Waals surface area contributed by atoms with Crippen LogP contribution in [0.1, 0.15) is 19.3 Å². The van der Waals surface area contributed by atoms with E-state index in [1.807, 2.05) is 23.9 Å². The molecular weight excluding hydrogens is 226 g/mol. The van der Waals surface area contributed by atoms with E-state index in [0.717, 1.165) is 21.1 Å². The van der Waals surface area contributed by atoms with E-state index in [9.17, 15) is 0 Å². The fourth-order valence-corrected chi connectivity index (χ4v) is 3.38. The molecule has 78 valence electrons. The Morgan fingerprint density at radius 3 is 3.20 bits per heavy atom. The van der Waals surface area contributed by atoms with Crippen molar-refractivity contribution >= 4 is 34.7 Å². The molecule has 0 unspecified atom stereocenters. The van der Waals surface area contributed by atoms with Crippen LogP contribution in [0, 0.1) is 0 Å². The Hall–Kier alpha value is -0.680. The summed E-state index contributed by atoms with van der Waals surface area (Å²) in [6, 6.07) is 3.97. The number of nitrogens with one attached hydrogen (secondary N) is 1. The molecule has 5 heteroatoms. The van der Waals surface area contributed by atoms with Crippen LogP contribution in [0.15, 0.2) is 28.2 Å². The molecule has 3 rings (SSSR count). The highest BCUT2D eigenvalue weighted by molar-refractivity contribution is 8.16. The number of nitrogens with zero attached hydrogens (tertiary/aromatic N) is 2. The number of aromatic nitrogens is 1. The van der Waals surface area contributed by atoms with Crippen molar-refractivity contribution in [3.8, 4) is 0 Å². The zero-order chi connectivity index (χ0) is 10.1. The second-order valence-corrected chi connectivity index (χ2v) is 5.75. The van der Waals surface area contributed by atoms with E-state index >= 15 is 0 Å². The van der Waals surface area contributed by atoms with Crippen LogP contribution in [0.25, 0.3) is 0 Å². The molecule has 1 fully saturated rings. The summed E-state index contributed by atoms with van der Waals surface area (Å²) in [6.07, 6.45) is 5.81. The molecule has 1 aliphatic heterocycles. The van der Waals surface area contributed by atoms with Gasteiger partial charge in [-0.1, -0.05) is 18.2 Å². The minimum absolute atomic E-state index is 0.766. The van der Waals surface area contributed by atoms with Crippen LogP contribution in [0.2, 0.25) is 0 Å². The van der Waals surface area contributed by atoms with Crippen molar-refractivity contribution in [2.24, 2.45) is 4.99 Å². The molecule has 0 radical (unpaired) electrons. The summed E-state index contributed by atoms with van der Waals surface area (Å²) in [7, 11) is 0. The Morgan fingerprint density at radius 1 is 1.47 bits per heavy atom. The maximum absolute atomic E-state index is 4.50. The Morgan fingerprint density at radius 2 is 2.40 bits per heavy atom. The number of amidine groups is 1. The number of thioether (sulfide) groups is 1. The second kappa shape index (κ2) is 4.06. The van der Waals surface area contributed by atoms with Crippen molar-refractivity contribution in [3.05, 3.63) is 18.3 Å². The lowest BCUT2D eigenvalue weighted by Crippen LogP contribution is -2.22. The maximum Gasteiger partial charge on any atom is 0.174 e. The van der Waals surface area contributed by atoms with E-state index in [1.54, 1.807) is 18.1 Å². The molecule has 2 heterocycles. The fourth-order valence-electron chi connectivity index (χ4n) is 1.46. The van der Waals surface area contributed by atoms with Gasteiger partial charge in [-0.3, -0.25) is 0 Å². The predicted molar refractivity (Wildman–Crippen MR) is 65.6 cm³/mol.